The molecule has 0 aromatic carbocycles. The number of hydrogen-bond acceptors (Lipinski definition) is 24. The highest BCUT2D eigenvalue weighted by molar-refractivity contribution is 7.61. The molecule has 2 saturated heterocycles. The van der Waals surface area contributed by atoms with Crippen molar-refractivity contribution < 1.29 is 135 Å². The zero-order chi connectivity index (χ0) is 100. The molecule has 754 valence electrons. The van der Waals surface area contributed by atoms with E-state index < -0.39 is 211 Å². The lowest BCUT2D eigenvalue weighted by molar-refractivity contribution is -0.331. The van der Waals surface area contributed by atoms with Crippen LogP contribution >= 0.6 is 15.6 Å². The van der Waals surface area contributed by atoms with E-state index >= 15 is 0 Å². The molecule has 18 N–H and O–H groups in total. The number of allylic oxidation sites excluding steroid dienone is 21. The van der Waals surface area contributed by atoms with E-state index in [-0.39, 0.29) is 19.3 Å². The van der Waals surface area contributed by atoms with Crippen molar-refractivity contribution in [3.05, 3.63) is 128 Å². The van der Waals surface area contributed by atoms with Crippen molar-refractivity contribution in [2.75, 3.05) is 19.8 Å². The smallest absolute Gasteiger partial charge is 0.480 e. The second-order valence-electron chi connectivity index (χ2n) is 35.3. The molecule has 0 aliphatic carbocycles. The van der Waals surface area contributed by atoms with Crippen molar-refractivity contribution in [1.29, 1.82) is 0 Å². The second-order valence-corrected chi connectivity index (χ2v) is 38.3. The molecule has 2 aliphatic heterocycles. The molecule has 36 nitrogen and oxygen atoms in total. The minimum absolute atomic E-state index is 0.0692. The van der Waals surface area contributed by atoms with Crippen LogP contribution in [0, 0.1) is 0 Å². The van der Waals surface area contributed by atoms with Gasteiger partial charge in [0.25, 0.3) is 0 Å². The van der Waals surface area contributed by atoms with Gasteiger partial charge in [-0.25, -0.2) is 13.9 Å². The fraction of sp³-hybridized carbons (Fsp3) is 0.663. The normalized spacial score (nSPS) is 22.4. The Hall–Kier alpha value is -8.26. The highest BCUT2D eigenvalue weighted by atomic mass is 31.3. The van der Waals surface area contributed by atoms with Crippen LogP contribution in [-0.4, -0.2) is 228 Å². The zero-order valence-corrected chi connectivity index (χ0v) is 83.0. The van der Waals surface area contributed by atoms with Gasteiger partial charge in [0.2, 0.25) is 41.4 Å². The summed E-state index contributed by atoms with van der Waals surface area (Å²) in [6, 6.07) is -12.9. The number of aliphatic carboxylic acids is 3. The number of carboxylic acids is 3. The molecule has 0 radical (unpaired) electrons. The van der Waals surface area contributed by atoms with E-state index in [9.17, 15) is 103 Å². The number of hydrogen-bond donors (Lipinski definition) is 17. The van der Waals surface area contributed by atoms with Crippen LogP contribution in [0.25, 0.3) is 0 Å². The number of aliphatic hydroxyl groups is 4. The van der Waals surface area contributed by atoms with E-state index in [4.69, 9.17) is 33.7 Å². The zero-order valence-electron chi connectivity index (χ0n) is 81.2. The van der Waals surface area contributed by atoms with Gasteiger partial charge in [-0.1, -0.05) is 128 Å². The Balaban J connectivity index is 2.11. The standard InChI is InChI=1S/C95H156N8O28P2/c1-58(2)30-19-31-59(3)32-20-33-60(4)34-21-35-61(5)36-22-37-62(6)38-23-39-63(7)40-24-41-64(8)42-25-43-65(9)44-26-45-66(10)46-27-47-67(11)48-28-49-68(12)54-55-125-132(121,122)131-133(123,124)130-95-82(101-74(18)107)86(85(79(57-105)128-95)129-94-81(100-73(17)106)84(110)83(109)78(56-104)127-94)126-72(16)89(113)97-70(14)88(112)103-77(93(119)120)52-53-80(108)102-76(51-29-50-75(96)92(117)118)90(114)98-69(13)87(111)99-71(15)91(115)116/h30,32,34,36,38,40,42,44,46,48,54,69-72,75-79,81-86,94-95,104-105,109-110H,19-29,31,33,35,37,39,41,43,45,47,49-53,55-57,96H2,1-18H3,(H,97,113)(H,98,114)(H,99,111)(H,100,106)(H,101,107)(H,102,108)(H,103,112)(H,115,116)(H,117,118)(H,119,120)(H,121,122)(H,123,124)/b59-32+,60-34+,61-36-,62-38-,63-40-,64-42-,65-44-,66-46-,67-48-,68-54-/t69?,70?,71?,72-,75?,76?,77?,78?,79?,81+,82+,83-,84?,85-,86?,94+,95+/m1/s1. The van der Waals surface area contributed by atoms with Gasteiger partial charge in [-0.3, -0.25) is 52.2 Å². The monoisotopic (exact) mass is 1920 g/mol. The number of rotatable bonds is 64. The van der Waals surface area contributed by atoms with Crippen molar-refractivity contribution in [3.63, 3.8) is 0 Å². The topological polar surface area (TPSA) is 562 Å². The third-order valence-electron chi connectivity index (χ3n) is 22.4. The first-order chi connectivity index (χ1) is 62.4. The van der Waals surface area contributed by atoms with E-state index in [1.807, 2.05) is 6.92 Å². The average molecular weight is 1920 g/mol. The van der Waals surface area contributed by atoms with E-state index in [2.05, 4.69) is 172 Å². The molecular formula is C95H156N8O28P2. The summed E-state index contributed by atoms with van der Waals surface area (Å²) in [5.74, 6) is -11.5. The van der Waals surface area contributed by atoms with Gasteiger partial charge in [0.05, 0.1) is 19.8 Å². The minimum Gasteiger partial charge on any atom is -0.480 e. The summed E-state index contributed by atoms with van der Waals surface area (Å²) in [4.78, 5) is 150. The first-order valence-electron chi connectivity index (χ1n) is 46.0. The highest BCUT2D eigenvalue weighted by Crippen LogP contribution is 2.61. The number of amides is 7. The van der Waals surface area contributed by atoms with Gasteiger partial charge in [0, 0.05) is 20.3 Å². The summed E-state index contributed by atoms with van der Waals surface area (Å²) in [6.45, 7) is 29.6. The Morgan fingerprint density at radius 2 is 0.774 bits per heavy atom. The molecule has 0 aromatic rings. The Labute approximate surface area is 785 Å². The average Bonchev–Trinajstić information content (AvgIpc) is 0.764. The predicted octanol–water partition coefficient (Wildman–Crippen LogP) is 11.8. The summed E-state index contributed by atoms with van der Waals surface area (Å²) in [7, 11) is -11.5. The Kier molecular flexibility index (Phi) is 58.1. The molecule has 0 saturated carbocycles. The van der Waals surface area contributed by atoms with E-state index in [0.717, 1.165) is 156 Å². The van der Waals surface area contributed by atoms with Crippen LogP contribution in [0.5, 0.6) is 0 Å². The summed E-state index contributed by atoms with van der Waals surface area (Å²) < 4.78 is 66.3. The number of ether oxygens (including phenoxy) is 4. The van der Waals surface area contributed by atoms with Gasteiger partial charge in [-0.15, -0.1) is 0 Å². The van der Waals surface area contributed by atoms with Gasteiger partial charge < -0.3 is 107 Å². The number of carboxylic acid groups (broad SMARTS) is 3. The summed E-state index contributed by atoms with van der Waals surface area (Å²) in [5, 5.41) is 87.7. The lowest BCUT2D eigenvalue weighted by atomic mass is 9.94. The summed E-state index contributed by atoms with van der Waals surface area (Å²) >= 11 is 0. The maximum atomic E-state index is 14.1. The number of aliphatic hydroxyl groups excluding tert-OH is 4. The molecule has 0 aromatic heterocycles. The van der Waals surface area contributed by atoms with Crippen LogP contribution in [0.1, 0.15) is 285 Å². The molecule has 19 atom stereocenters. The predicted molar refractivity (Wildman–Crippen MR) is 506 cm³/mol. The first kappa shape index (κ1) is 121. The molecule has 133 heavy (non-hydrogen) atoms. The van der Waals surface area contributed by atoms with Crippen molar-refractivity contribution >= 4 is 74.9 Å². The van der Waals surface area contributed by atoms with Gasteiger partial charge >= 0.3 is 33.6 Å². The number of phosphoric acid groups is 2. The fourth-order valence-electron chi connectivity index (χ4n) is 14.2. The lowest BCUT2D eigenvalue weighted by Gasteiger charge is -2.49. The maximum absolute atomic E-state index is 14.1. The van der Waals surface area contributed by atoms with Crippen LogP contribution in [0.4, 0.5) is 0 Å². The van der Waals surface area contributed by atoms with Gasteiger partial charge in [0.1, 0.15) is 91.1 Å². The molecule has 2 heterocycles. The largest absolute Gasteiger partial charge is 0.483 e. The molecule has 12 unspecified atom stereocenters. The molecule has 0 bridgehead atoms. The van der Waals surface area contributed by atoms with Gasteiger partial charge in [-0.05, 0) is 265 Å². The summed E-state index contributed by atoms with van der Waals surface area (Å²) in [6.07, 6.45) is 25.3. The SMILES string of the molecule is CC(=O)N[C@H]1C(O)[C@H](O)C(CO)O[C@H]1O[C@@H]1C(CO)O[C@@H](OP(=O)(O)OP(=O)(O)OC/C=C(/C)CC/C=C(/C)CC/C=C(/C)CC/C=C(/C)CC/C=C(/C)CC/C=C(/C)CC/C=C(/C)CC/C=C(/C)CC/C=C(\C)CC/C=C(\C)CCC=C(C)C)[C@@H](NC(C)=O)C1O[C@H](C)C(=O)NC(C)C(=O)NC(CCC(=O)NC(CCCC(N)C(=O)O)C(=O)NC(C)C(=O)NC(C)C(=O)O)C(=O)O. The Morgan fingerprint density at radius 3 is 1.16 bits per heavy atom. The number of carbonyl (C=O) groups is 10. The van der Waals surface area contributed by atoms with E-state index in [1.165, 1.54) is 63.2 Å². The van der Waals surface area contributed by atoms with E-state index in [0.29, 0.717) is 18.4 Å². The lowest BCUT2D eigenvalue weighted by Crippen LogP contribution is -2.70. The molecule has 38 heteroatoms. The van der Waals surface area contributed by atoms with Crippen LogP contribution in [0.3, 0.4) is 0 Å². The highest BCUT2D eigenvalue weighted by Gasteiger charge is 2.55. The molecule has 2 rings (SSSR count). The fourth-order valence-corrected chi connectivity index (χ4v) is 16.3. The molecular weight excluding hydrogens is 1760 g/mol. The van der Waals surface area contributed by atoms with E-state index in [1.54, 1.807) is 6.92 Å². The third-order valence-corrected chi connectivity index (χ3v) is 25.0. The number of carbonyl (C=O) groups excluding carboxylic acids is 7. The third kappa shape index (κ3) is 51.5. The van der Waals surface area contributed by atoms with Crippen molar-refractivity contribution in [1.82, 2.24) is 37.2 Å². The quantitative estimate of drug-likeness (QED) is 0.0199. The molecule has 2 fully saturated rings. The molecule has 0 spiro atoms. The minimum atomic E-state index is -5.97. The van der Waals surface area contributed by atoms with Crippen LogP contribution in [-0.2, 0) is 89.4 Å². The van der Waals surface area contributed by atoms with Gasteiger partial charge in [-0.2, -0.15) is 4.31 Å². The maximum Gasteiger partial charge on any atom is 0.483 e. The summed E-state index contributed by atoms with van der Waals surface area (Å²) in [5.41, 5.74) is 20.3. The number of nitrogens with two attached hydrogens (primary N) is 1. The van der Waals surface area contributed by atoms with Crippen LogP contribution < -0.4 is 43.0 Å². The van der Waals surface area contributed by atoms with Gasteiger partial charge in [0.15, 0.2) is 12.6 Å². The van der Waals surface area contributed by atoms with Crippen molar-refractivity contribution in [2.24, 2.45) is 5.73 Å². The number of nitrogens with one attached hydrogen (secondary N) is 7. The van der Waals surface area contributed by atoms with Crippen LogP contribution in [0.2, 0.25) is 0 Å². The van der Waals surface area contributed by atoms with Crippen LogP contribution in [0.15, 0.2) is 128 Å². The Bertz CT molecular complexity index is 4220. The Morgan fingerprint density at radius 1 is 0.398 bits per heavy atom. The molecule has 2 aliphatic rings. The second kappa shape index (κ2) is 63.9. The molecule has 7 amide bonds. The number of phosphoric ester groups is 2. The van der Waals surface area contributed by atoms with Crippen molar-refractivity contribution in [3.8, 4) is 0 Å². The first-order valence-corrected chi connectivity index (χ1v) is 49.0. The van der Waals surface area contributed by atoms with Crippen molar-refractivity contribution in [2.45, 2.75) is 389 Å².